The number of hydrogen-bond acceptors (Lipinski definition) is 9. The van der Waals surface area contributed by atoms with E-state index in [1.807, 2.05) is 50.2 Å². The molecular weight excluding hydrogens is 622 g/mol. The molecule has 6 rings (SSSR count). The van der Waals surface area contributed by atoms with Crippen LogP contribution in [0.1, 0.15) is 52.1 Å². The van der Waals surface area contributed by atoms with Crippen LogP contribution in [-0.4, -0.2) is 78.6 Å². The summed E-state index contributed by atoms with van der Waals surface area (Å²) in [6, 6.07) is 19.6. The van der Waals surface area contributed by atoms with E-state index < -0.39 is 17.9 Å². The van der Waals surface area contributed by atoms with E-state index in [4.69, 9.17) is 14.8 Å². The molecule has 0 saturated carbocycles. The lowest BCUT2D eigenvalue weighted by Crippen LogP contribution is -2.46. The number of rotatable bonds is 4. The number of aryl methyl sites for hydroxylation is 1. The molecule has 2 aromatic carbocycles. The number of aromatic nitrogens is 6. The van der Waals surface area contributed by atoms with Crippen LogP contribution in [0.2, 0.25) is 0 Å². The van der Waals surface area contributed by atoms with E-state index in [9.17, 15) is 14.4 Å². The summed E-state index contributed by atoms with van der Waals surface area (Å²) < 4.78 is 7.78. The number of hydrogen-bond donors (Lipinski definition) is 2. The largest absolute Gasteiger partial charge is 0.492 e. The van der Waals surface area contributed by atoms with Gasteiger partial charge in [-0.05, 0) is 43.2 Å². The van der Waals surface area contributed by atoms with E-state index in [-0.39, 0.29) is 43.6 Å². The number of nitrogens with one attached hydrogen (secondary N) is 2. The fourth-order valence-corrected chi connectivity index (χ4v) is 5.50. The third-order valence-electron chi connectivity index (χ3n) is 8.08. The van der Waals surface area contributed by atoms with Gasteiger partial charge in [0, 0.05) is 48.4 Å². The number of nitrogens with zero attached hydrogens (tertiary/aromatic N) is 7. The Morgan fingerprint density at radius 2 is 1.71 bits per heavy atom. The van der Waals surface area contributed by atoms with Crippen LogP contribution in [0.25, 0.3) is 22.8 Å². The van der Waals surface area contributed by atoms with Crippen LogP contribution in [0.5, 0.6) is 5.75 Å². The molecular formula is C36H37N9O4. The number of ether oxygens (including phenoxy) is 1. The summed E-state index contributed by atoms with van der Waals surface area (Å²) in [5.41, 5.74) is 2.65. The molecule has 2 N–H and O–H groups in total. The summed E-state index contributed by atoms with van der Waals surface area (Å²) in [5, 5.41) is 10.8. The van der Waals surface area contributed by atoms with Crippen LogP contribution in [0, 0.1) is 12.8 Å². The van der Waals surface area contributed by atoms with Crippen LogP contribution in [0.15, 0.2) is 85.3 Å². The molecule has 13 nitrogen and oxygen atoms in total. The Bertz CT molecular complexity index is 1950. The van der Waals surface area contributed by atoms with E-state index in [2.05, 4.69) is 25.6 Å². The van der Waals surface area contributed by atoms with Gasteiger partial charge in [-0.25, -0.2) is 19.6 Å². The molecule has 0 fully saturated rings. The first-order valence-electron chi connectivity index (χ1n) is 16.1. The van der Waals surface area contributed by atoms with Crippen LogP contribution in [0.3, 0.4) is 0 Å². The average Bonchev–Trinajstić information content (AvgIpc) is 3.54. The lowest BCUT2D eigenvalue weighted by atomic mass is 10.0. The standard InChI is InChI=1S/C36H37N9O4/c1-23(2)31-34-42-33(25-9-5-4-6-10-25)43-45(34)17-18-49-28-13-7-11-26(19-28)35(47)38-15-16-44(22-30(46)41-31)36(48)29-21-39-32(40-24(29)3)27-12-8-14-37-20-27/h4-14,19-21,23,31H,15-18,22H2,1-3H3,(H,38,47)(H,41,46)/t31-/m0/s1. The van der Waals surface area contributed by atoms with Crippen LogP contribution >= 0.6 is 0 Å². The Morgan fingerprint density at radius 3 is 2.47 bits per heavy atom. The summed E-state index contributed by atoms with van der Waals surface area (Å²) in [7, 11) is 0. The Labute approximate surface area is 283 Å². The van der Waals surface area contributed by atoms with Gasteiger partial charge in [-0.3, -0.25) is 19.4 Å². The van der Waals surface area contributed by atoms with Gasteiger partial charge >= 0.3 is 0 Å². The van der Waals surface area contributed by atoms with Gasteiger partial charge in [0.05, 0.1) is 30.4 Å². The number of carbonyl (C=O) groups excluding carboxylic acids is 3. The Kier molecular flexibility index (Phi) is 9.98. The van der Waals surface area contributed by atoms with Crippen molar-refractivity contribution in [1.82, 2.24) is 45.2 Å². The van der Waals surface area contributed by atoms with Crippen molar-refractivity contribution in [3.8, 4) is 28.5 Å². The highest BCUT2D eigenvalue weighted by Gasteiger charge is 2.28. The molecule has 0 spiro atoms. The van der Waals surface area contributed by atoms with E-state index >= 15 is 0 Å². The van der Waals surface area contributed by atoms with Crippen LogP contribution in [0.4, 0.5) is 0 Å². The summed E-state index contributed by atoms with van der Waals surface area (Å²) in [5.74, 6) is 0.792. The molecule has 3 aromatic heterocycles. The van der Waals surface area contributed by atoms with Crippen molar-refractivity contribution in [3.63, 3.8) is 0 Å². The first kappa shape index (κ1) is 32.9. The van der Waals surface area contributed by atoms with Crippen molar-refractivity contribution in [1.29, 1.82) is 0 Å². The molecule has 1 atom stereocenters. The summed E-state index contributed by atoms with van der Waals surface area (Å²) >= 11 is 0. The smallest absolute Gasteiger partial charge is 0.257 e. The van der Waals surface area contributed by atoms with E-state index in [0.717, 1.165) is 5.56 Å². The molecule has 2 bridgehead atoms. The predicted octanol–water partition coefficient (Wildman–Crippen LogP) is 3.88. The lowest BCUT2D eigenvalue weighted by molar-refractivity contribution is -0.123. The zero-order valence-electron chi connectivity index (χ0n) is 27.5. The molecule has 3 amide bonds. The second-order valence-corrected chi connectivity index (χ2v) is 12.0. The maximum absolute atomic E-state index is 14.0. The number of carbonyl (C=O) groups is 3. The van der Waals surface area contributed by atoms with Crippen LogP contribution < -0.4 is 15.4 Å². The number of amides is 3. The molecule has 4 heterocycles. The van der Waals surface area contributed by atoms with E-state index in [0.29, 0.717) is 46.6 Å². The van der Waals surface area contributed by atoms with Crippen LogP contribution in [-0.2, 0) is 11.3 Å². The third-order valence-corrected chi connectivity index (χ3v) is 8.08. The first-order valence-corrected chi connectivity index (χ1v) is 16.1. The molecule has 1 aliphatic rings. The van der Waals surface area contributed by atoms with Crippen molar-refractivity contribution in [2.75, 3.05) is 26.2 Å². The fourth-order valence-electron chi connectivity index (χ4n) is 5.50. The van der Waals surface area contributed by atoms with Gasteiger partial charge in [0.25, 0.3) is 11.8 Å². The van der Waals surface area contributed by atoms with Gasteiger partial charge in [0.1, 0.15) is 12.4 Å². The first-order chi connectivity index (χ1) is 23.8. The molecule has 1 aliphatic heterocycles. The van der Waals surface area contributed by atoms with E-state index in [1.54, 1.807) is 54.3 Å². The molecule has 0 aliphatic carbocycles. The van der Waals surface area contributed by atoms with Crippen molar-refractivity contribution in [2.24, 2.45) is 5.92 Å². The maximum atomic E-state index is 14.0. The minimum atomic E-state index is -0.531. The minimum Gasteiger partial charge on any atom is -0.492 e. The zero-order valence-corrected chi connectivity index (χ0v) is 27.5. The highest BCUT2D eigenvalue weighted by molar-refractivity contribution is 5.97. The second kappa shape index (κ2) is 14.8. The number of fused-ring (bicyclic) bond motifs is 3. The summed E-state index contributed by atoms with van der Waals surface area (Å²) in [4.78, 5) is 60.2. The normalized spacial score (nSPS) is 15.8. The van der Waals surface area contributed by atoms with Gasteiger partial charge in [-0.15, -0.1) is 0 Å². The van der Waals surface area contributed by atoms with Crippen molar-refractivity contribution >= 4 is 17.7 Å². The second-order valence-electron chi connectivity index (χ2n) is 12.0. The lowest BCUT2D eigenvalue weighted by Gasteiger charge is -2.26. The predicted molar refractivity (Wildman–Crippen MR) is 181 cm³/mol. The summed E-state index contributed by atoms with van der Waals surface area (Å²) in [6.45, 7) is 6.15. The van der Waals surface area contributed by atoms with Gasteiger partial charge in [-0.1, -0.05) is 50.2 Å². The van der Waals surface area contributed by atoms with Gasteiger partial charge in [-0.2, -0.15) is 5.10 Å². The highest BCUT2D eigenvalue weighted by atomic mass is 16.5. The van der Waals surface area contributed by atoms with Gasteiger partial charge < -0.3 is 20.3 Å². The van der Waals surface area contributed by atoms with Gasteiger partial charge in [0.2, 0.25) is 5.91 Å². The monoisotopic (exact) mass is 659 g/mol. The quantitative estimate of drug-likeness (QED) is 0.292. The zero-order chi connectivity index (χ0) is 34.3. The molecule has 5 aromatic rings. The Balaban J connectivity index is 1.33. The molecule has 0 unspecified atom stereocenters. The number of benzene rings is 2. The fraction of sp³-hybridized carbons (Fsp3) is 0.278. The third kappa shape index (κ3) is 7.78. The Morgan fingerprint density at radius 1 is 0.918 bits per heavy atom. The van der Waals surface area contributed by atoms with Crippen molar-refractivity contribution < 1.29 is 19.1 Å². The van der Waals surface area contributed by atoms with Crippen molar-refractivity contribution in [2.45, 2.75) is 33.4 Å². The maximum Gasteiger partial charge on any atom is 0.257 e. The molecule has 250 valence electrons. The molecule has 0 saturated heterocycles. The summed E-state index contributed by atoms with van der Waals surface area (Å²) in [6.07, 6.45) is 4.76. The highest BCUT2D eigenvalue weighted by Crippen LogP contribution is 2.25. The SMILES string of the molecule is Cc1nc(-c2cccnc2)ncc1C(=O)N1CCNC(=O)c2cccc(c2)OCCn2nc(-c3ccccc3)nc2[C@H](C(C)C)NC(=O)C1. The molecule has 13 heteroatoms. The topological polar surface area (TPSA) is 157 Å². The molecule has 0 radical (unpaired) electrons. The van der Waals surface area contributed by atoms with Gasteiger partial charge in [0.15, 0.2) is 17.5 Å². The average molecular weight is 660 g/mol. The Hall–Kier alpha value is -5.98. The minimum absolute atomic E-state index is 0.0542. The molecule has 49 heavy (non-hydrogen) atoms. The van der Waals surface area contributed by atoms with Crippen molar-refractivity contribution in [3.05, 3.63) is 108 Å². The van der Waals surface area contributed by atoms with E-state index in [1.165, 1.54) is 11.1 Å². The number of pyridine rings is 1.